The van der Waals surface area contributed by atoms with E-state index in [-0.39, 0.29) is 22.4 Å². The zero-order valence-corrected chi connectivity index (χ0v) is 13.9. The molecule has 26 heavy (non-hydrogen) atoms. The maximum Gasteiger partial charge on any atom is 0.327 e. The minimum atomic E-state index is -4.42. The number of hydrogen-bond donors (Lipinski definition) is 3. The van der Waals surface area contributed by atoms with Crippen molar-refractivity contribution in [3.8, 4) is 5.69 Å². The Hall–Kier alpha value is -3.08. The number of fused-ring (bicyclic) bond motifs is 1. The minimum absolute atomic E-state index is 0.00382. The second-order valence-electron chi connectivity index (χ2n) is 5.38. The van der Waals surface area contributed by atoms with E-state index in [4.69, 9.17) is 9.79 Å². The number of nitrogens with zero attached hydrogens (tertiary/aromatic N) is 4. The lowest BCUT2D eigenvalue weighted by Gasteiger charge is -2.12. The number of hydrogen-bond acceptors (Lipinski definition) is 6. The smallest absolute Gasteiger partial charge is 0.324 e. The largest absolute Gasteiger partial charge is 0.327 e. The molecule has 0 aliphatic rings. The van der Waals surface area contributed by atoms with Crippen LogP contribution in [-0.4, -0.2) is 40.0 Å². The Morgan fingerprint density at radius 2 is 2.04 bits per heavy atom. The third-order valence-electron chi connectivity index (χ3n) is 3.67. The van der Waals surface area contributed by atoms with Crippen molar-refractivity contribution in [2.24, 2.45) is 0 Å². The highest BCUT2D eigenvalue weighted by Gasteiger charge is 2.21. The van der Waals surface area contributed by atoms with Crippen molar-refractivity contribution in [3.05, 3.63) is 61.7 Å². The molecule has 0 atom stereocenters. The van der Waals surface area contributed by atoms with Crippen molar-refractivity contribution in [1.29, 1.82) is 0 Å². The summed E-state index contributed by atoms with van der Waals surface area (Å²) in [5, 5.41) is 11.4. The van der Waals surface area contributed by atoms with Crippen LogP contribution < -0.4 is 11.1 Å². The van der Waals surface area contributed by atoms with E-state index in [9.17, 15) is 24.3 Å². The van der Waals surface area contributed by atoms with Gasteiger partial charge in [-0.05, 0) is 6.07 Å². The lowest BCUT2D eigenvalue weighted by atomic mass is 10.2. The van der Waals surface area contributed by atoms with E-state index >= 15 is 0 Å². The average molecular weight is 381 g/mol. The topological polar surface area (TPSA) is 173 Å². The molecule has 13 heteroatoms. The third kappa shape index (κ3) is 3.33. The van der Waals surface area contributed by atoms with Gasteiger partial charge in [0.2, 0.25) is 0 Å². The molecular weight excluding hydrogens is 369 g/mol. The number of aromatic nitrogens is 4. The number of nitro benzene ring substituents is 1. The number of nitrogens with one attached hydrogen (secondary N) is 1. The molecule has 2 heterocycles. The van der Waals surface area contributed by atoms with Crippen LogP contribution in [0.3, 0.4) is 0 Å². The molecule has 2 aromatic heterocycles. The highest BCUT2D eigenvalue weighted by molar-refractivity contribution is 7.51. The number of benzene rings is 1. The summed E-state index contributed by atoms with van der Waals surface area (Å²) in [6.45, 7) is -0.426. The number of aromatic amines is 1. The quantitative estimate of drug-likeness (QED) is 0.239. The summed E-state index contributed by atoms with van der Waals surface area (Å²) in [6, 6.07) is 2.37. The molecule has 0 saturated heterocycles. The number of rotatable bonds is 5. The van der Waals surface area contributed by atoms with Crippen LogP contribution in [0.1, 0.15) is 0 Å². The minimum Gasteiger partial charge on any atom is -0.324 e. The van der Waals surface area contributed by atoms with Crippen LogP contribution in [-0.2, 0) is 11.1 Å². The standard InChI is InChI=1S/C13H12N5O7P/c19-12-13(20)17(3-4-26(23,24)25)9-6-10(16-2-1-14-7-16)11(18(21)22)5-8(9)15-12/h1-2,5-7H,3-4H2,(H,15,19)(H2,23,24,25). The fourth-order valence-corrected chi connectivity index (χ4v) is 2.96. The fourth-order valence-electron chi connectivity index (χ4n) is 2.50. The van der Waals surface area contributed by atoms with Gasteiger partial charge in [-0.15, -0.1) is 0 Å². The summed E-state index contributed by atoms with van der Waals surface area (Å²) in [5.74, 6) is 0. The molecule has 0 radical (unpaired) electrons. The summed E-state index contributed by atoms with van der Waals surface area (Å²) in [6.07, 6.45) is 3.51. The maximum atomic E-state index is 12.1. The Labute approximate surface area is 143 Å². The van der Waals surface area contributed by atoms with Crippen LogP contribution in [0, 0.1) is 10.1 Å². The predicted molar refractivity (Wildman–Crippen MR) is 89.5 cm³/mol. The lowest BCUT2D eigenvalue weighted by molar-refractivity contribution is -0.384. The van der Waals surface area contributed by atoms with E-state index in [0.717, 1.165) is 10.6 Å². The lowest BCUT2D eigenvalue weighted by Crippen LogP contribution is -2.37. The molecule has 1 aromatic carbocycles. The van der Waals surface area contributed by atoms with Gasteiger partial charge in [0.15, 0.2) is 0 Å². The molecule has 0 unspecified atom stereocenters. The van der Waals surface area contributed by atoms with E-state index in [0.29, 0.717) is 0 Å². The molecule has 0 bridgehead atoms. The van der Waals surface area contributed by atoms with Crippen molar-refractivity contribution in [1.82, 2.24) is 19.1 Å². The number of H-pyrrole nitrogens is 1. The van der Waals surface area contributed by atoms with Crippen molar-refractivity contribution in [3.63, 3.8) is 0 Å². The summed E-state index contributed by atoms with van der Waals surface area (Å²) in [7, 11) is -4.42. The maximum absolute atomic E-state index is 12.1. The molecule has 0 saturated carbocycles. The Balaban J connectivity index is 2.33. The Bertz CT molecular complexity index is 1160. The van der Waals surface area contributed by atoms with E-state index < -0.39 is 36.3 Å². The highest BCUT2D eigenvalue weighted by Crippen LogP contribution is 2.34. The van der Waals surface area contributed by atoms with Gasteiger partial charge in [0.25, 0.3) is 5.69 Å². The van der Waals surface area contributed by atoms with Gasteiger partial charge in [-0.25, -0.2) is 4.98 Å². The van der Waals surface area contributed by atoms with Gasteiger partial charge < -0.3 is 23.9 Å². The predicted octanol–water partition coefficient (Wildman–Crippen LogP) is -0.0386. The van der Waals surface area contributed by atoms with Crippen LogP contribution in [0.4, 0.5) is 5.69 Å². The molecule has 3 aromatic rings. The van der Waals surface area contributed by atoms with E-state index in [1.165, 1.54) is 29.4 Å². The molecule has 3 N–H and O–H groups in total. The van der Waals surface area contributed by atoms with Crippen molar-refractivity contribution >= 4 is 24.3 Å². The molecule has 0 spiro atoms. The summed E-state index contributed by atoms with van der Waals surface area (Å²) in [5.41, 5.74) is -2.24. The van der Waals surface area contributed by atoms with Gasteiger partial charge in [0.05, 0.1) is 28.4 Å². The van der Waals surface area contributed by atoms with Crippen LogP contribution in [0.2, 0.25) is 0 Å². The first kappa shape index (κ1) is 17.7. The molecule has 0 aliphatic heterocycles. The molecule has 0 aliphatic carbocycles. The van der Waals surface area contributed by atoms with E-state index in [1.807, 2.05) is 0 Å². The second-order valence-corrected chi connectivity index (χ2v) is 7.16. The van der Waals surface area contributed by atoms with Crippen LogP contribution in [0.15, 0.2) is 40.4 Å². The Kier molecular flexibility index (Phi) is 4.32. The number of imidazole rings is 1. The average Bonchev–Trinajstić information content (AvgIpc) is 3.07. The molecule has 12 nitrogen and oxygen atoms in total. The van der Waals surface area contributed by atoms with Crippen molar-refractivity contribution in [2.45, 2.75) is 6.54 Å². The van der Waals surface area contributed by atoms with Crippen LogP contribution in [0.25, 0.3) is 16.7 Å². The van der Waals surface area contributed by atoms with Gasteiger partial charge in [-0.3, -0.25) is 24.3 Å². The molecule has 0 fully saturated rings. The first-order chi connectivity index (χ1) is 12.2. The third-order valence-corrected chi connectivity index (χ3v) is 4.45. The first-order valence-electron chi connectivity index (χ1n) is 7.15. The summed E-state index contributed by atoms with van der Waals surface area (Å²) >= 11 is 0. The zero-order valence-electron chi connectivity index (χ0n) is 13.0. The van der Waals surface area contributed by atoms with E-state index in [1.54, 1.807) is 0 Å². The van der Waals surface area contributed by atoms with Crippen LogP contribution in [0.5, 0.6) is 0 Å². The Morgan fingerprint density at radius 1 is 1.31 bits per heavy atom. The number of nitro groups is 1. The number of aryl methyl sites for hydroxylation is 1. The zero-order chi connectivity index (χ0) is 19.1. The highest BCUT2D eigenvalue weighted by atomic mass is 31.2. The molecule has 3 rings (SSSR count). The van der Waals surface area contributed by atoms with E-state index in [2.05, 4.69) is 9.97 Å². The molecular formula is C13H12N5O7P. The van der Waals surface area contributed by atoms with Gasteiger partial charge in [-0.2, -0.15) is 0 Å². The van der Waals surface area contributed by atoms with Crippen LogP contribution >= 0.6 is 7.60 Å². The summed E-state index contributed by atoms with van der Waals surface area (Å²) in [4.78, 5) is 58.8. The van der Waals surface area contributed by atoms with Crippen molar-refractivity contribution in [2.75, 3.05) is 6.16 Å². The SMILES string of the molecule is O=c1[nH]c2cc([N+](=O)[O-])c(-n3ccnc3)cc2n(CCP(=O)(O)O)c1=O. The molecule has 0 amide bonds. The van der Waals surface area contributed by atoms with Gasteiger partial charge in [0.1, 0.15) is 5.69 Å². The molecule has 136 valence electrons. The second kappa shape index (κ2) is 6.33. The first-order valence-corrected chi connectivity index (χ1v) is 8.95. The monoisotopic (exact) mass is 381 g/mol. The van der Waals surface area contributed by atoms with Gasteiger partial charge >= 0.3 is 18.7 Å². The summed E-state index contributed by atoms with van der Waals surface area (Å²) < 4.78 is 13.4. The van der Waals surface area contributed by atoms with Gasteiger partial charge in [-0.1, -0.05) is 0 Å². The van der Waals surface area contributed by atoms with Crippen molar-refractivity contribution < 1.29 is 19.3 Å². The fraction of sp³-hybridized carbons (Fsp3) is 0.154. The van der Waals surface area contributed by atoms with Gasteiger partial charge in [0, 0.05) is 25.0 Å². The normalized spacial score (nSPS) is 11.8. The Morgan fingerprint density at radius 3 is 2.62 bits per heavy atom.